The summed E-state index contributed by atoms with van der Waals surface area (Å²) in [7, 11) is 2.70. The smallest absolute Gasteiger partial charge is 0.305 e. The maximum atomic E-state index is 11.8. The lowest BCUT2D eigenvalue weighted by molar-refractivity contribution is -0.140. The van der Waals surface area contributed by atoms with Gasteiger partial charge >= 0.3 is 5.97 Å². The molecule has 0 unspecified atom stereocenters. The van der Waals surface area contributed by atoms with Gasteiger partial charge in [0.25, 0.3) is 0 Å². The van der Waals surface area contributed by atoms with Gasteiger partial charge in [-0.3, -0.25) is 9.59 Å². The van der Waals surface area contributed by atoms with Gasteiger partial charge in [0.1, 0.15) is 11.8 Å². The minimum atomic E-state index is -0.427. The average Bonchev–Trinajstić information content (AvgIpc) is 2.43. The van der Waals surface area contributed by atoms with E-state index in [2.05, 4.69) is 4.74 Å². The van der Waals surface area contributed by atoms with E-state index in [1.807, 2.05) is 6.07 Å². The number of methoxy groups -OCH3 is 2. The summed E-state index contributed by atoms with van der Waals surface area (Å²) >= 11 is 0. The molecule has 0 spiro atoms. The topological polar surface area (TPSA) is 76.4 Å². The van der Waals surface area contributed by atoms with Gasteiger partial charge < -0.3 is 9.47 Å². The van der Waals surface area contributed by atoms with Crippen LogP contribution in [0, 0.1) is 11.3 Å². The first-order valence-corrected chi connectivity index (χ1v) is 5.30. The Labute approximate surface area is 105 Å². The second-order valence-corrected chi connectivity index (χ2v) is 3.53. The molecule has 1 aromatic carbocycles. The molecule has 0 saturated carbocycles. The van der Waals surface area contributed by atoms with Crippen molar-refractivity contribution in [1.29, 1.82) is 5.26 Å². The minimum Gasteiger partial charge on any atom is -0.495 e. The summed E-state index contributed by atoms with van der Waals surface area (Å²) in [4.78, 5) is 22.7. The molecular formula is C13H13NO4. The van der Waals surface area contributed by atoms with Crippen LogP contribution >= 0.6 is 0 Å². The van der Waals surface area contributed by atoms with Gasteiger partial charge in [-0.1, -0.05) is 0 Å². The molecule has 0 aliphatic rings. The molecule has 0 atom stereocenters. The first-order valence-electron chi connectivity index (χ1n) is 5.30. The van der Waals surface area contributed by atoms with Gasteiger partial charge in [-0.25, -0.2) is 0 Å². The van der Waals surface area contributed by atoms with Crippen molar-refractivity contribution in [2.24, 2.45) is 0 Å². The molecule has 18 heavy (non-hydrogen) atoms. The van der Waals surface area contributed by atoms with Gasteiger partial charge in [0.05, 0.1) is 26.2 Å². The molecule has 1 aromatic rings. The molecule has 0 N–H and O–H groups in total. The van der Waals surface area contributed by atoms with Crippen molar-refractivity contribution in [3.05, 3.63) is 29.3 Å². The van der Waals surface area contributed by atoms with Crippen LogP contribution in [-0.4, -0.2) is 26.0 Å². The highest BCUT2D eigenvalue weighted by Gasteiger charge is 2.12. The van der Waals surface area contributed by atoms with Crippen molar-refractivity contribution < 1.29 is 19.1 Å². The Bertz CT molecular complexity index is 502. The zero-order valence-electron chi connectivity index (χ0n) is 10.2. The second kappa shape index (κ2) is 6.40. The Balaban J connectivity index is 2.81. The fraction of sp³-hybridized carbons (Fsp3) is 0.308. The molecule has 0 aliphatic carbocycles. The van der Waals surface area contributed by atoms with Crippen molar-refractivity contribution in [2.75, 3.05) is 14.2 Å². The second-order valence-electron chi connectivity index (χ2n) is 3.53. The van der Waals surface area contributed by atoms with Crippen molar-refractivity contribution in [1.82, 2.24) is 0 Å². The molecule has 0 bridgehead atoms. The first kappa shape index (κ1) is 13.7. The molecule has 1 rings (SSSR count). The van der Waals surface area contributed by atoms with E-state index >= 15 is 0 Å². The Morgan fingerprint density at radius 2 is 2.00 bits per heavy atom. The fourth-order valence-electron chi connectivity index (χ4n) is 1.42. The third-order valence-electron chi connectivity index (χ3n) is 2.43. The monoisotopic (exact) mass is 247 g/mol. The van der Waals surface area contributed by atoms with Crippen molar-refractivity contribution in [3.63, 3.8) is 0 Å². The van der Waals surface area contributed by atoms with Gasteiger partial charge in [0.15, 0.2) is 5.78 Å². The Morgan fingerprint density at radius 1 is 1.28 bits per heavy atom. The third kappa shape index (κ3) is 3.32. The predicted octanol–water partition coefficient (Wildman–Crippen LogP) is 1.70. The number of carbonyl (C=O) groups excluding carboxylic acids is 2. The van der Waals surface area contributed by atoms with Crippen molar-refractivity contribution in [3.8, 4) is 11.8 Å². The highest BCUT2D eigenvalue weighted by molar-refractivity contribution is 5.98. The summed E-state index contributed by atoms with van der Waals surface area (Å²) < 4.78 is 9.47. The Kier molecular flexibility index (Phi) is 4.88. The lowest BCUT2D eigenvalue weighted by Crippen LogP contribution is -2.06. The van der Waals surface area contributed by atoms with E-state index in [1.165, 1.54) is 26.4 Å². The van der Waals surface area contributed by atoms with Crippen LogP contribution in [-0.2, 0) is 9.53 Å². The molecule has 5 nitrogen and oxygen atoms in total. The molecular weight excluding hydrogens is 234 g/mol. The summed E-state index contributed by atoms with van der Waals surface area (Å²) in [5.41, 5.74) is 0.775. The van der Waals surface area contributed by atoms with Gasteiger partial charge in [0.2, 0.25) is 0 Å². The van der Waals surface area contributed by atoms with E-state index in [0.29, 0.717) is 16.9 Å². The van der Waals surface area contributed by atoms with Crippen LogP contribution in [0.4, 0.5) is 0 Å². The number of esters is 1. The SMILES string of the molecule is COC(=O)CCC(=O)c1ccc(C#N)c(OC)c1. The lowest BCUT2D eigenvalue weighted by Gasteiger charge is -2.05. The average molecular weight is 247 g/mol. The minimum absolute atomic E-state index is 0.0393. The zero-order valence-corrected chi connectivity index (χ0v) is 10.2. The van der Waals surface area contributed by atoms with Gasteiger partial charge in [-0.05, 0) is 18.2 Å². The van der Waals surface area contributed by atoms with E-state index in [0.717, 1.165) is 0 Å². The highest BCUT2D eigenvalue weighted by Crippen LogP contribution is 2.20. The summed E-state index contributed by atoms with van der Waals surface area (Å²) in [6.07, 6.45) is 0.110. The number of nitrogens with zero attached hydrogens (tertiary/aromatic N) is 1. The summed E-state index contributed by atoms with van der Waals surface area (Å²) in [5, 5.41) is 8.81. The van der Waals surface area contributed by atoms with E-state index in [9.17, 15) is 9.59 Å². The van der Waals surface area contributed by atoms with E-state index < -0.39 is 5.97 Å². The Hall–Kier alpha value is -2.35. The van der Waals surface area contributed by atoms with E-state index in [4.69, 9.17) is 10.00 Å². The first-order chi connectivity index (χ1) is 8.62. The quantitative estimate of drug-likeness (QED) is 0.584. The third-order valence-corrected chi connectivity index (χ3v) is 2.43. The van der Waals surface area contributed by atoms with Crippen molar-refractivity contribution in [2.45, 2.75) is 12.8 Å². The molecule has 94 valence electrons. The van der Waals surface area contributed by atoms with Crippen LogP contribution in [0.2, 0.25) is 0 Å². The zero-order chi connectivity index (χ0) is 13.5. The molecule has 0 aromatic heterocycles. The molecule has 0 radical (unpaired) electrons. The Morgan fingerprint density at radius 3 is 2.56 bits per heavy atom. The summed E-state index contributed by atoms with van der Waals surface area (Å²) in [6.45, 7) is 0. The molecule has 0 saturated heterocycles. The number of nitriles is 1. The number of rotatable bonds is 5. The number of benzene rings is 1. The number of ketones is 1. The number of Topliss-reactive ketones (excluding diaryl/α,β-unsaturated/α-hetero) is 1. The number of hydrogen-bond donors (Lipinski definition) is 0. The van der Waals surface area contributed by atoms with Gasteiger partial charge in [-0.15, -0.1) is 0 Å². The maximum absolute atomic E-state index is 11.8. The maximum Gasteiger partial charge on any atom is 0.305 e. The van der Waals surface area contributed by atoms with Crippen LogP contribution in [0.25, 0.3) is 0 Å². The van der Waals surface area contributed by atoms with Gasteiger partial charge in [-0.2, -0.15) is 5.26 Å². The number of hydrogen-bond acceptors (Lipinski definition) is 5. The predicted molar refractivity (Wildman–Crippen MR) is 63.3 cm³/mol. The standard InChI is InChI=1S/C13H13NO4/c1-17-12-7-9(3-4-10(12)8-14)11(15)5-6-13(16)18-2/h3-4,7H,5-6H2,1-2H3. The molecule has 5 heteroatoms. The van der Waals surface area contributed by atoms with Crippen LogP contribution in [0.15, 0.2) is 18.2 Å². The summed E-state index contributed by atoms with van der Waals surface area (Å²) in [6, 6.07) is 6.52. The molecule has 0 fully saturated rings. The molecule has 0 aliphatic heterocycles. The highest BCUT2D eigenvalue weighted by atomic mass is 16.5. The largest absolute Gasteiger partial charge is 0.495 e. The fourth-order valence-corrected chi connectivity index (χ4v) is 1.42. The molecule has 0 heterocycles. The number of ether oxygens (including phenoxy) is 2. The van der Waals surface area contributed by atoms with Crippen LogP contribution in [0.5, 0.6) is 5.75 Å². The lowest BCUT2D eigenvalue weighted by atomic mass is 10.0. The molecule has 0 amide bonds. The van der Waals surface area contributed by atoms with E-state index in [1.54, 1.807) is 6.07 Å². The number of carbonyl (C=O) groups is 2. The van der Waals surface area contributed by atoms with Crippen LogP contribution in [0.1, 0.15) is 28.8 Å². The normalized spacial score (nSPS) is 9.39. The van der Waals surface area contributed by atoms with Crippen molar-refractivity contribution >= 4 is 11.8 Å². The van der Waals surface area contributed by atoms with Crippen LogP contribution in [0.3, 0.4) is 0 Å². The van der Waals surface area contributed by atoms with E-state index in [-0.39, 0.29) is 18.6 Å². The summed E-state index contributed by atoms with van der Waals surface area (Å²) in [5.74, 6) is -0.270. The van der Waals surface area contributed by atoms with Crippen LogP contribution < -0.4 is 4.74 Å². The van der Waals surface area contributed by atoms with Gasteiger partial charge in [0, 0.05) is 12.0 Å².